The molecule has 1 aromatic rings. The van der Waals surface area contributed by atoms with Gasteiger partial charge in [-0.2, -0.15) is 0 Å². The maximum Gasteiger partial charge on any atom is 0.239 e. The first-order chi connectivity index (χ1) is 9.01. The standard InChI is InChI=1S/C14H21FN2O2/c1-4-17(5-2)14(19)10(3)16-9-11-7-6-8-12(15)13(11)18/h6-8,10,16,18H,4-5,9H2,1-3H3. The number of aromatic hydroxyl groups is 1. The summed E-state index contributed by atoms with van der Waals surface area (Å²) in [4.78, 5) is 13.7. The molecule has 1 amide bonds. The van der Waals surface area contributed by atoms with Crippen molar-refractivity contribution in [2.45, 2.75) is 33.4 Å². The summed E-state index contributed by atoms with van der Waals surface area (Å²) in [6, 6.07) is 3.98. The predicted octanol–water partition coefficient (Wildman–Crippen LogP) is 1.88. The van der Waals surface area contributed by atoms with Gasteiger partial charge < -0.3 is 15.3 Å². The highest BCUT2D eigenvalue weighted by Gasteiger charge is 2.18. The number of phenolic OH excluding ortho intramolecular Hbond substituents is 1. The third-order valence-electron chi connectivity index (χ3n) is 3.11. The summed E-state index contributed by atoms with van der Waals surface area (Å²) in [5.41, 5.74) is 0.444. The number of likely N-dealkylation sites (N-methyl/N-ethyl adjacent to an activating group) is 1. The Labute approximate surface area is 113 Å². The molecule has 0 spiro atoms. The van der Waals surface area contributed by atoms with E-state index < -0.39 is 5.82 Å². The number of nitrogens with zero attached hydrogens (tertiary/aromatic N) is 1. The second-order valence-electron chi connectivity index (χ2n) is 4.36. The number of phenols is 1. The third kappa shape index (κ3) is 3.92. The quantitative estimate of drug-likeness (QED) is 0.828. The van der Waals surface area contributed by atoms with Crippen molar-refractivity contribution in [2.75, 3.05) is 13.1 Å². The van der Waals surface area contributed by atoms with Gasteiger partial charge in [0, 0.05) is 25.2 Å². The average Bonchev–Trinajstić information content (AvgIpc) is 2.41. The van der Waals surface area contributed by atoms with E-state index in [0.717, 1.165) is 0 Å². The first-order valence-corrected chi connectivity index (χ1v) is 6.49. The van der Waals surface area contributed by atoms with Gasteiger partial charge >= 0.3 is 0 Å². The van der Waals surface area contributed by atoms with Crippen LogP contribution in [-0.4, -0.2) is 35.0 Å². The molecule has 0 radical (unpaired) electrons. The molecular formula is C14H21FN2O2. The van der Waals surface area contributed by atoms with Crippen molar-refractivity contribution in [3.05, 3.63) is 29.6 Å². The van der Waals surface area contributed by atoms with Crippen LogP contribution in [0.4, 0.5) is 4.39 Å². The highest BCUT2D eigenvalue weighted by Crippen LogP contribution is 2.20. The maximum atomic E-state index is 13.1. The first kappa shape index (κ1) is 15.4. The summed E-state index contributed by atoms with van der Waals surface area (Å²) in [7, 11) is 0. The molecule has 4 nitrogen and oxygen atoms in total. The molecular weight excluding hydrogens is 247 g/mol. The van der Waals surface area contributed by atoms with E-state index in [2.05, 4.69) is 5.32 Å². The first-order valence-electron chi connectivity index (χ1n) is 6.49. The van der Waals surface area contributed by atoms with Crippen LogP contribution in [0.1, 0.15) is 26.3 Å². The number of carbonyl (C=O) groups is 1. The lowest BCUT2D eigenvalue weighted by molar-refractivity contribution is -0.132. The zero-order valence-corrected chi connectivity index (χ0v) is 11.6. The van der Waals surface area contributed by atoms with Crippen LogP contribution < -0.4 is 5.32 Å². The van der Waals surface area contributed by atoms with Gasteiger partial charge in [-0.05, 0) is 26.8 Å². The van der Waals surface area contributed by atoms with Crippen LogP contribution in [0.15, 0.2) is 18.2 Å². The van der Waals surface area contributed by atoms with Gasteiger partial charge in [-0.1, -0.05) is 12.1 Å². The van der Waals surface area contributed by atoms with Crippen LogP contribution >= 0.6 is 0 Å². The SMILES string of the molecule is CCN(CC)C(=O)C(C)NCc1cccc(F)c1O. The monoisotopic (exact) mass is 268 g/mol. The van der Waals surface area contributed by atoms with Crippen LogP contribution in [0.3, 0.4) is 0 Å². The van der Waals surface area contributed by atoms with Gasteiger partial charge in [0.1, 0.15) is 0 Å². The van der Waals surface area contributed by atoms with E-state index >= 15 is 0 Å². The fourth-order valence-electron chi connectivity index (χ4n) is 1.86. The minimum absolute atomic E-state index is 0.000827. The lowest BCUT2D eigenvalue weighted by Crippen LogP contribution is -2.44. The summed E-state index contributed by atoms with van der Waals surface area (Å²) in [6.07, 6.45) is 0. The van der Waals surface area contributed by atoms with Gasteiger partial charge in [-0.3, -0.25) is 4.79 Å². The highest BCUT2D eigenvalue weighted by molar-refractivity contribution is 5.81. The molecule has 5 heteroatoms. The number of para-hydroxylation sites is 1. The van der Waals surface area contributed by atoms with Gasteiger partial charge in [0.15, 0.2) is 11.6 Å². The Morgan fingerprint density at radius 3 is 2.63 bits per heavy atom. The Kier molecular flexibility index (Phi) is 5.76. The Hall–Kier alpha value is -1.62. The third-order valence-corrected chi connectivity index (χ3v) is 3.11. The second kappa shape index (κ2) is 7.09. The Morgan fingerprint density at radius 2 is 2.05 bits per heavy atom. The molecule has 0 bridgehead atoms. The van der Waals surface area contributed by atoms with Crippen molar-refractivity contribution in [1.29, 1.82) is 0 Å². The lowest BCUT2D eigenvalue weighted by atomic mass is 10.1. The number of carbonyl (C=O) groups excluding carboxylic acids is 1. The predicted molar refractivity (Wildman–Crippen MR) is 72.3 cm³/mol. The van der Waals surface area contributed by atoms with E-state index in [1.54, 1.807) is 17.9 Å². The number of benzene rings is 1. The summed E-state index contributed by atoms with van der Waals surface area (Å²) in [5, 5.41) is 12.5. The molecule has 0 heterocycles. The molecule has 0 aromatic heterocycles. The zero-order valence-electron chi connectivity index (χ0n) is 11.6. The van der Waals surface area contributed by atoms with Crippen LogP contribution in [0, 0.1) is 5.82 Å². The fraction of sp³-hybridized carbons (Fsp3) is 0.500. The van der Waals surface area contributed by atoms with Crippen molar-refractivity contribution in [3.8, 4) is 5.75 Å². The van der Waals surface area contributed by atoms with Crippen molar-refractivity contribution in [1.82, 2.24) is 10.2 Å². The zero-order chi connectivity index (χ0) is 14.4. The number of hydrogen-bond acceptors (Lipinski definition) is 3. The number of nitrogens with one attached hydrogen (secondary N) is 1. The molecule has 0 aliphatic rings. The number of halogens is 1. The molecule has 0 saturated heterocycles. The molecule has 1 aromatic carbocycles. The number of rotatable bonds is 6. The van der Waals surface area contributed by atoms with E-state index in [0.29, 0.717) is 18.7 Å². The van der Waals surface area contributed by atoms with Crippen LogP contribution in [0.25, 0.3) is 0 Å². The van der Waals surface area contributed by atoms with Crippen LogP contribution in [0.2, 0.25) is 0 Å². The molecule has 0 aliphatic carbocycles. The van der Waals surface area contributed by atoms with Gasteiger partial charge in [0.2, 0.25) is 5.91 Å². The molecule has 1 unspecified atom stereocenters. The maximum absolute atomic E-state index is 13.1. The smallest absolute Gasteiger partial charge is 0.239 e. The largest absolute Gasteiger partial charge is 0.505 e. The Balaban J connectivity index is 2.61. The summed E-state index contributed by atoms with van der Waals surface area (Å²) < 4.78 is 13.1. The highest BCUT2D eigenvalue weighted by atomic mass is 19.1. The van der Waals surface area contributed by atoms with Crippen molar-refractivity contribution >= 4 is 5.91 Å². The van der Waals surface area contributed by atoms with E-state index in [9.17, 15) is 14.3 Å². The number of amides is 1. The lowest BCUT2D eigenvalue weighted by Gasteiger charge is -2.23. The summed E-state index contributed by atoms with van der Waals surface area (Å²) >= 11 is 0. The fourth-order valence-corrected chi connectivity index (χ4v) is 1.86. The summed E-state index contributed by atoms with van der Waals surface area (Å²) in [6.45, 7) is 7.17. The molecule has 0 aliphatic heterocycles. The van der Waals surface area contributed by atoms with Crippen LogP contribution in [-0.2, 0) is 11.3 Å². The van der Waals surface area contributed by atoms with Gasteiger partial charge in [0.05, 0.1) is 6.04 Å². The van der Waals surface area contributed by atoms with Crippen LogP contribution in [0.5, 0.6) is 5.75 Å². The molecule has 0 saturated carbocycles. The average molecular weight is 268 g/mol. The van der Waals surface area contributed by atoms with E-state index in [4.69, 9.17) is 0 Å². The number of hydrogen-bond donors (Lipinski definition) is 2. The van der Waals surface area contributed by atoms with Crippen molar-refractivity contribution in [2.24, 2.45) is 0 Å². The van der Waals surface area contributed by atoms with E-state index in [1.165, 1.54) is 12.1 Å². The minimum Gasteiger partial charge on any atom is -0.505 e. The van der Waals surface area contributed by atoms with Gasteiger partial charge in [-0.25, -0.2) is 4.39 Å². The van der Waals surface area contributed by atoms with E-state index in [-0.39, 0.29) is 24.2 Å². The Bertz CT molecular complexity index is 433. The minimum atomic E-state index is -0.651. The van der Waals surface area contributed by atoms with Gasteiger partial charge in [-0.15, -0.1) is 0 Å². The molecule has 106 valence electrons. The van der Waals surface area contributed by atoms with Crippen molar-refractivity contribution in [3.63, 3.8) is 0 Å². The second-order valence-corrected chi connectivity index (χ2v) is 4.36. The topological polar surface area (TPSA) is 52.6 Å². The van der Waals surface area contributed by atoms with Crippen molar-refractivity contribution < 1.29 is 14.3 Å². The Morgan fingerprint density at radius 1 is 1.42 bits per heavy atom. The molecule has 1 atom stereocenters. The summed E-state index contributed by atoms with van der Waals surface area (Å²) in [5.74, 6) is -1.01. The molecule has 19 heavy (non-hydrogen) atoms. The van der Waals surface area contributed by atoms with E-state index in [1.807, 2.05) is 13.8 Å². The molecule has 0 fully saturated rings. The molecule has 1 rings (SSSR count). The van der Waals surface area contributed by atoms with Gasteiger partial charge in [0.25, 0.3) is 0 Å². The molecule has 2 N–H and O–H groups in total. The normalized spacial score (nSPS) is 12.2.